The number of rotatable bonds is 4. The lowest BCUT2D eigenvalue weighted by atomic mass is 9.92. The van der Waals surface area contributed by atoms with E-state index in [-0.39, 0.29) is 23.9 Å². The largest absolute Gasteiger partial charge is 0.474 e. The van der Waals surface area contributed by atoms with Crippen molar-refractivity contribution in [2.75, 3.05) is 0 Å². The maximum absolute atomic E-state index is 12.7. The van der Waals surface area contributed by atoms with E-state index in [2.05, 4.69) is 15.3 Å². The van der Waals surface area contributed by atoms with E-state index in [9.17, 15) is 18.0 Å². The predicted molar refractivity (Wildman–Crippen MR) is 105 cm³/mol. The summed E-state index contributed by atoms with van der Waals surface area (Å²) in [6, 6.07) is 11.7. The number of nitrogens with one attached hydrogen (secondary N) is 1. The molecule has 5 nitrogen and oxygen atoms in total. The van der Waals surface area contributed by atoms with Gasteiger partial charge < -0.3 is 10.1 Å². The molecule has 1 N–H and O–H groups in total. The molecule has 1 fully saturated rings. The molecule has 1 saturated carbocycles. The van der Waals surface area contributed by atoms with E-state index in [4.69, 9.17) is 4.74 Å². The minimum atomic E-state index is -4.42. The summed E-state index contributed by atoms with van der Waals surface area (Å²) in [5.41, 5.74) is -0.399. The third-order valence-corrected chi connectivity index (χ3v) is 5.25. The van der Waals surface area contributed by atoms with E-state index in [1.165, 1.54) is 6.07 Å². The van der Waals surface area contributed by atoms with Gasteiger partial charge in [0.05, 0.1) is 5.56 Å². The van der Waals surface area contributed by atoms with Crippen LogP contribution in [-0.4, -0.2) is 28.0 Å². The van der Waals surface area contributed by atoms with Gasteiger partial charge in [-0.05, 0) is 43.2 Å². The van der Waals surface area contributed by atoms with Gasteiger partial charge in [0.25, 0.3) is 5.91 Å². The van der Waals surface area contributed by atoms with Crippen LogP contribution in [-0.2, 0) is 6.18 Å². The number of alkyl halides is 3. The minimum absolute atomic E-state index is 0.00122. The molecule has 0 saturated heterocycles. The highest BCUT2D eigenvalue weighted by Crippen LogP contribution is 2.30. The number of ether oxygens (including phenoxy) is 1. The van der Waals surface area contributed by atoms with E-state index < -0.39 is 11.7 Å². The molecule has 0 unspecified atom stereocenters. The molecule has 0 atom stereocenters. The van der Waals surface area contributed by atoms with Crippen molar-refractivity contribution in [2.24, 2.45) is 0 Å². The zero-order valence-corrected chi connectivity index (χ0v) is 16.0. The molecule has 2 aromatic heterocycles. The van der Waals surface area contributed by atoms with Gasteiger partial charge in [0.15, 0.2) is 0 Å². The Bertz CT molecular complexity index is 1020. The first kappa shape index (κ1) is 20.1. The molecular weight excluding hydrogens is 395 g/mol. The topological polar surface area (TPSA) is 64.1 Å². The molecule has 1 aliphatic rings. The lowest BCUT2D eigenvalue weighted by Gasteiger charge is -2.29. The maximum atomic E-state index is 12.7. The van der Waals surface area contributed by atoms with Gasteiger partial charge >= 0.3 is 6.18 Å². The van der Waals surface area contributed by atoms with Gasteiger partial charge in [-0.3, -0.25) is 9.78 Å². The van der Waals surface area contributed by atoms with Crippen LogP contribution < -0.4 is 10.1 Å². The monoisotopic (exact) mass is 415 g/mol. The maximum Gasteiger partial charge on any atom is 0.417 e. The quantitative estimate of drug-likeness (QED) is 0.667. The van der Waals surface area contributed by atoms with E-state index in [0.717, 1.165) is 23.0 Å². The number of halogens is 3. The number of carbonyl (C=O) groups excluding carboxylic acids is 1. The van der Waals surface area contributed by atoms with Crippen molar-refractivity contribution < 1.29 is 22.7 Å². The molecule has 0 aliphatic heterocycles. The van der Waals surface area contributed by atoms with Crippen LogP contribution in [0.3, 0.4) is 0 Å². The highest BCUT2D eigenvalue weighted by molar-refractivity contribution is 6.05. The second-order valence-corrected chi connectivity index (χ2v) is 7.33. The number of aromatic nitrogens is 2. The van der Waals surface area contributed by atoms with Crippen LogP contribution >= 0.6 is 0 Å². The molecule has 156 valence electrons. The fourth-order valence-corrected chi connectivity index (χ4v) is 3.67. The molecule has 8 heteroatoms. The van der Waals surface area contributed by atoms with Crippen LogP contribution in [0, 0.1) is 0 Å². The Morgan fingerprint density at radius 3 is 2.47 bits per heavy atom. The van der Waals surface area contributed by atoms with Crippen LogP contribution in [0.4, 0.5) is 13.2 Å². The number of benzene rings is 1. The molecule has 0 spiro atoms. The summed E-state index contributed by atoms with van der Waals surface area (Å²) in [6.45, 7) is 0. The number of fused-ring (bicyclic) bond motifs is 1. The SMILES string of the molecule is O=C(NC1CCC(Oc2ccc(C(F)(F)F)cn2)CC1)c1nccc2ccccc12. The third kappa shape index (κ3) is 4.53. The first-order valence-corrected chi connectivity index (χ1v) is 9.74. The zero-order chi connectivity index (χ0) is 21.1. The fourth-order valence-electron chi connectivity index (χ4n) is 3.67. The highest BCUT2D eigenvalue weighted by Gasteiger charge is 2.31. The van der Waals surface area contributed by atoms with Gasteiger partial charge in [-0.2, -0.15) is 13.2 Å². The lowest BCUT2D eigenvalue weighted by Crippen LogP contribution is -2.40. The Balaban J connectivity index is 1.32. The second kappa shape index (κ2) is 8.30. The van der Waals surface area contributed by atoms with Crippen molar-refractivity contribution in [2.45, 2.75) is 44.0 Å². The second-order valence-electron chi connectivity index (χ2n) is 7.33. The molecule has 1 amide bonds. The normalized spacial score (nSPS) is 19.4. The number of amides is 1. The molecule has 2 heterocycles. The number of hydrogen-bond acceptors (Lipinski definition) is 4. The number of pyridine rings is 2. The van der Waals surface area contributed by atoms with Gasteiger partial charge in [0.2, 0.25) is 5.88 Å². The number of carbonyl (C=O) groups is 1. The van der Waals surface area contributed by atoms with Gasteiger partial charge in [-0.15, -0.1) is 0 Å². The van der Waals surface area contributed by atoms with Crippen molar-refractivity contribution in [3.05, 3.63) is 66.1 Å². The Labute approximate surface area is 171 Å². The summed E-state index contributed by atoms with van der Waals surface area (Å²) in [5.74, 6) is -0.0315. The van der Waals surface area contributed by atoms with Crippen molar-refractivity contribution >= 4 is 16.7 Å². The summed E-state index contributed by atoms with van der Waals surface area (Å²) >= 11 is 0. The van der Waals surface area contributed by atoms with E-state index in [1.807, 2.05) is 30.3 Å². The van der Waals surface area contributed by atoms with Gasteiger partial charge in [0, 0.05) is 29.9 Å². The van der Waals surface area contributed by atoms with Gasteiger partial charge in [0.1, 0.15) is 11.8 Å². The molecule has 0 bridgehead atoms. The van der Waals surface area contributed by atoms with E-state index in [1.54, 1.807) is 6.20 Å². The number of nitrogens with zero attached hydrogens (tertiary/aromatic N) is 2. The van der Waals surface area contributed by atoms with Crippen molar-refractivity contribution in [3.63, 3.8) is 0 Å². The predicted octanol–water partition coefficient (Wildman–Crippen LogP) is 4.77. The average Bonchev–Trinajstić information content (AvgIpc) is 2.74. The first-order valence-electron chi connectivity index (χ1n) is 9.74. The molecule has 0 radical (unpaired) electrons. The van der Waals surface area contributed by atoms with Gasteiger partial charge in [-0.1, -0.05) is 24.3 Å². The van der Waals surface area contributed by atoms with E-state index in [0.29, 0.717) is 31.4 Å². The molecule has 30 heavy (non-hydrogen) atoms. The lowest BCUT2D eigenvalue weighted by molar-refractivity contribution is -0.137. The van der Waals surface area contributed by atoms with Gasteiger partial charge in [-0.25, -0.2) is 4.98 Å². The van der Waals surface area contributed by atoms with Crippen molar-refractivity contribution in [1.82, 2.24) is 15.3 Å². The Hall–Kier alpha value is -3.16. The standard InChI is InChI=1S/C22H20F3N3O2/c23-22(24,25)15-5-10-19(27-13-15)30-17-8-6-16(7-9-17)28-21(29)20-18-4-2-1-3-14(18)11-12-26-20/h1-5,10-13,16-17H,6-9H2,(H,28,29). The smallest absolute Gasteiger partial charge is 0.417 e. The van der Waals surface area contributed by atoms with Crippen LogP contribution in [0.5, 0.6) is 5.88 Å². The van der Waals surface area contributed by atoms with Crippen molar-refractivity contribution in [3.8, 4) is 5.88 Å². The minimum Gasteiger partial charge on any atom is -0.474 e. The highest BCUT2D eigenvalue weighted by atomic mass is 19.4. The zero-order valence-electron chi connectivity index (χ0n) is 16.0. The molecule has 3 aromatic rings. The van der Waals surface area contributed by atoms with Crippen LogP contribution in [0.25, 0.3) is 10.8 Å². The Kier molecular flexibility index (Phi) is 5.57. The Morgan fingerprint density at radius 1 is 1.00 bits per heavy atom. The summed E-state index contributed by atoms with van der Waals surface area (Å²) in [4.78, 5) is 20.7. The summed E-state index contributed by atoms with van der Waals surface area (Å²) < 4.78 is 43.6. The summed E-state index contributed by atoms with van der Waals surface area (Å²) in [6.07, 6.45) is 0.618. The number of hydrogen-bond donors (Lipinski definition) is 1. The first-order chi connectivity index (χ1) is 14.4. The van der Waals surface area contributed by atoms with E-state index >= 15 is 0 Å². The molecule has 1 aromatic carbocycles. The van der Waals surface area contributed by atoms with Crippen molar-refractivity contribution in [1.29, 1.82) is 0 Å². The molecular formula is C22H20F3N3O2. The summed E-state index contributed by atoms with van der Waals surface area (Å²) in [7, 11) is 0. The average molecular weight is 415 g/mol. The fraction of sp³-hybridized carbons (Fsp3) is 0.318. The van der Waals surface area contributed by atoms with Crippen LogP contribution in [0.2, 0.25) is 0 Å². The van der Waals surface area contributed by atoms with Crippen LogP contribution in [0.1, 0.15) is 41.7 Å². The molecule has 1 aliphatic carbocycles. The Morgan fingerprint density at radius 2 is 1.77 bits per heavy atom. The van der Waals surface area contributed by atoms with Crippen LogP contribution in [0.15, 0.2) is 54.9 Å². The third-order valence-electron chi connectivity index (χ3n) is 5.25. The summed E-state index contributed by atoms with van der Waals surface area (Å²) in [5, 5.41) is 4.80. The molecule has 4 rings (SSSR count).